The summed E-state index contributed by atoms with van der Waals surface area (Å²) in [5, 5.41) is 2.98. The summed E-state index contributed by atoms with van der Waals surface area (Å²) < 4.78 is 27.1. The molecule has 156 valence electrons. The molecule has 29 heavy (non-hydrogen) atoms. The van der Waals surface area contributed by atoms with Crippen molar-refractivity contribution in [2.45, 2.75) is 24.2 Å². The minimum atomic E-state index is -3.55. The fraction of sp³-hybridized carbons (Fsp3) is 0.409. The van der Waals surface area contributed by atoms with E-state index in [1.165, 1.54) is 4.31 Å². The van der Waals surface area contributed by atoms with Crippen molar-refractivity contribution in [1.29, 1.82) is 0 Å². The van der Waals surface area contributed by atoms with Gasteiger partial charge in [-0.3, -0.25) is 4.79 Å². The van der Waals surface area contributed by atoms with Crippen molar-refractivity contribution < 1.29 is 13.2 Å². The molecular formula is C22H29N3O3S. The Morgan fingerprint density at radius 3 is 2.45 bits per heavy atom. The van der Waals surface area contributed by atoms with E-state index >= 15 is 0 Å². The fourth-order valence-corrected chi connectivity index (χ4v) is 5.14. The molecule has 0 radical (unpaired) electrons. The van der Waals surface area contributed by atoms with Crippen LogP contribution in [-0.2, 0) is 14.8 Å². The van der Waals surface area contributed by atoms with Crippen LogP contribution in [0.1, 0.15) is 19.3 Å². The molecule has 2 aromatic rings. The lowest BCUT2D eigenvalue weighted by Gasteiger charge is -2.31. The molecule has 1 atom stereocenters. The highest BCUT2D eigenvalue weighted by atomic mass is 32.2. The molecule has 1 aliphatic rings. The summed E-state index contributed by atoms with van der Waals surface area (Å²) in [6.07, 6.45) is 2.24. The average Bonchev–Trinajstić information content (AvgIpc) is 2.77. The van der Waals surface area contributed by atoms with E-state index in [9.17, 15) is 13.2 Å². The third-order valence-corrected chi connectivity index (χ3v) is 7.18. The molecule has 0 spiro atoms. The molecule has 2 aromatic carbocycles. The first-order valence-corrected chi connectivity index (χ1v) is 11.5. The molecule has 1 unspecified atom stereocenters. The first kappa shape index (κ1) is 21.3. The number of para-hydroxylation sites is 1. The van der Waals surface area contributed by atoms with Gasteiger partial charge in [0.15, 0.2) is 0 Å². The maximum Gasteiger partial charge on any atom is 0.243 e. The van der Waals surface area contributed by atoms with Crippen molar-refractivity contribution in [2.24, 2.45) is 5.92 Å². The van der Waals surface area contributed by atoms with Crippen molar-refractivity contribution in [3.8, 4) is 0 Å². The predicted octanol–water partition coefficient (Wildman–Crippen LogP) is 2.73. The van der Waals surface area contributed by atoms with Crippen LogP contribution in [0.4, 0.5) is 5.69 Å². The van der Waals surface area contributed by atoms with E-state index in [1.807, 2.05) is 25.2 Å². The quantitative estimate of drug-likeness (QED) is 0.673. The summed E-state index contributed by atoms with van der Waals surface area (Å²) in [7, 11) is -1.52. The monoisotopic (exact) mass is 415 g/mol. The smallest absolute Gasteiger partial charge is 0.243 e. The number of amides is 1. The number of rotatable bonds is 8. The van der Waals surface area contributed by atoms with Crippen LogP contribution in [0.25, 0.3) is 0 Å². The van der Waals surface area contributed by atoms with E-state index < -0.39 is 10.0 Å². The van der Waals surface area contributed by atoms with Crippen LogP contribution >= 0.6 is 0 Å². The molecule has 1 amide bonds. The molecule has 0 bridgehead atoms. The number of nitrogens with one attached hydrogen (secondary N) is 1. The zero-order chi connectivity index (χ0) is 20.7. The third-order valence-electron chi connectivity index (χ3n) is 5.30. The third kappa shape index (κ3) is 5.58. The topological polar surface area (TPSA) is 69.7 Å². The molecule has 1 aliphatic heterocycles. The molecule has 1 saturated heterocycles. The van der Waals surface area contributed by atoms with Crippen LogP contribution in [0.2, 0.25) is 0 Å². The molecule has 0 saturated carbocycles. The molecule has 1 N–H and O–H groups in total. The zero-order valence-electron chi connectivity index (χ0n) is 16.8. The molecule has 6 nitrogen and oxygen atoms in total. The van der Waals surface area contributed by atoms with Gasteiger partial charge in [0.25, 0.3) is 0 Å². The lowest BCUT2D eigenvalue weighted by Crippen LogP contribution is -2.45. The van der Waals surface area contributed by atoms with E-state index in [4.69, 9.17) is 0 Å². The lowest BCUT2D eigenvalue weighted by atomic mass is 9.99. The zero-order valence-corrected chi connectivity index (χ0v) is 17.6. The Morgan fingerprint density at radius 1 is 1.10 bits per heavy atom. The first-order chi connectivity index (χ1) is 14.0. The molecule has 0 aromatic heterocycles. The van der Waals surface area contributed by atoms with Gasteiger partial charge in [0.2, 0.25) is 15.9 Å². The highest BCUT2D eigenvalue weighted by Gasteiger charge is 2.33. The summed E-state index contributed by atoms with van der Waals surface area (Å²) in [6.45, 7) is 2.12. The van der Waals surface area contributed by atoms with Gasteiger partial charge in [-0.1, -0.05) is 36.4 Å². The highest BCUT2D eigenvalue weighted by Crippen LogP contribution is 2.23. The number of piperidine rings is 1. The maximum absolute atomic E-state index is 12.8. The van der Waals surface area contributed by atoms with Gasteiger partial charge >= 0.3 is 0 Å². The number of hydrogen-bond donors (Lipinski definition) is 1. The second kappa shape index (κ2) is 9.89. The van der Waals surface area contributed by atoms with Crippen LogP contribution in [0.5, 0.6) is 0 Å². The minimum Gasteiger partial charge on any atom is -0.375 e. The molecule has 3 rings (SSSR count). The van der Waals surface area contributed by atoms with Crippen molar-refractivity contribution in [2.75, 3.05) is 38.1 Å². The summed E-state index contributed by atoms with van der Waals surface area (Å²) >= 11 is 0. The number of nitrogens with zero attached hydrogens (tertiary/aromatic N) is 2. The number of carbonyl (C=O) groups excluding carboxylic acids is 1. The van der Waals surface area contributed by atoms with E-state index in [1.54, 1.807) is 30.3 Å². The number of benzene rings is 2. The second-order valence-electron chi connectivity index (χ2n) is 7.42. The Labute approximate surface area is 173 Å². The predicted molar refractivity (Wildman–Crippen MR) is 115 cm³/mol. The van der Waals surface area contributed by atoms with Crippen LogP contribution in [0.15, 0.2) is 65.6 Å². The van der Waals surface area contributed by atoms with Crippen LogP contribution < -0.4 is 10.2 Å². The summed E-state index contributed by atoms with van der Waals surface area (Å²) in [4.78, 5) is 15.0. The van der Waals surface area contributed by atoms with Crippen LogP contribution in [0, 0.1) is 5.92 Å². The van der Waals surface area contributed by atoms with Gasteiger partial charge in [-0.15, -0.1) is 0 Å². The van der Waals surface area contributed by atoms with E-state index in [-0.39, 0.29) is 23.3 Å². The summed E-state index contributed by atoms with van der Waals surface area (Å²) in [5.74, 6) is -0.352. The van der Waals surface area contributed by atoms with Gasteiger partial charge in [0, 0.05) is 38.9 Å². The fourth-order valence-electron chi connectivity index (χ4n) is 3.60. The van der Waals surface area contributed by atoms with E-state index in [2.05, 4.69) is 22.3 Å². The van der Waals surface area contributed by atoms with Gasteiger partial charge in [0.05, 0.1) is 10.8 Å². The van der Waals surface area contributed by atoms with E-state index in [0.29, 0.717) is 19.5 Å². The Balaban J connectivity index is 1.47. The molecule has 1 fully saturated rings. The SMILES string of the molecule is CN(CCCNC(=O)C1CCCN(S(=O)(=O)c2ccccc2)C1)c1ccccc1. The number of carbonyl (C=O) groups is 1. The van der Waals surface area contributed by atoms with E-state index in [0.717, 1.165) is 25.1 Å². The van der Waals surface area contributed by atoms with Crippen LogP contribution in [-0.4, -0.2) is 51.9 Å². The van der Waals surface area contributed by atoms with Gasteiger partial charge in [-0.25, -0.2) is 8.42 Å². The second-order valence-corrected chi connectivity index (χ2v) is 9.35. The van der Waals surface area contributed by atoms with Crippen molar-refractivity contribution in [1.82, 2.24) is 9.62 Å². The Hall–Kier alpha value is -2.38. The largest absolute Gasteiger partial charge is 0.375 e. The summed E-state index contributed by atoms with van der Waals surface area (Å²) in [5.41, 5.74) is 1.15. The van der Waals surface area contributed by atoms with Crippen molar-refractivity contribution in [3.63, 3.8) is 0 Å². The molecular weight excluding hydrogens is 386 g/mol. The van der Waals surface area contributed by atoms with Gasteiger partial charge in [-0.2, -0.15) is 4.31 Å². The first-order valence-electron chi connectivity index (χ1n) is 10.1. The molecule has 7 heteroatoms. The van der Waals surface area contributed by atoms with Gasteiger partial charge in [-0.05, 0) is 43.5 Å². The highest BCUT2D eigenvalue weighted by molar-refractivity contribution is 7.89. The molecule has 1 heterocycles. The minimum absolute atomic E-state index is 0.0553. The standard InChI is InChI=1S/C22H29N3O3S/c1-24(20-11-4-2-5-12-20)16-9-15-23-22(26)19-10-8-17-25(18-19)29(27,28)21-13-6-3-7-14-21/h2-7,11-14,19H,8-10,15-18H2,1H3,(H,23,26). The maximum atomic E-state index is 12.8. The van der Waals surface area contributed by atoms with Gasteiger partial charge < -0.3 is 10.2 Å². The number of sulfonamides is 1. The Morgan fingerprint density at radius 2 is 1.76 bits per heavy atom. The Bertz CT molecular complexity index is 888. The van der Waals surface area contributed by atoms with Crippen molar-refractivity contribution in [3.05, 3.63) is 60.7 Å². The normalized spacial score (nSPS) is 17.6. The number of anilines is 1. The summed E-state index contributed by atoms with van der Waals surface area (Å²) in [6, 6.07) is 18.5. The Kier molecular flexibility index (Phi) is 7.28. The molecule has 0 aliphatic carbocycles. The number of hydrogen-bond acceptors (Lipinski definition) is 4. The lowest BCUT2D eigenvalue weighted by molar-refractivity contribution is -0.126. The van der Waals surface area contributed by atoms with Gasteiger partial charge in [0.1, 0.15) is 0 Å². The average molecular weight is 416 g/mol. The van der Waals surface area contributed by atoms with Crippen LogP contribution in [0.3, 0.4) is 0 Å². The van der Waals surface area contributed by atoms with Crippen molar-refractivity contribution >= 4 is 21.6 Å².